The molecule has 1 aromatic heterocycles. The summed E-state index contributed by atoms with van der Waals surface area (Å²) in [5.74, 6) is 0.860. The minimum absolute atomic E-state index is 0.00121. The molecule has 3 nitrogen and oxygen atoms in total. The summed E-state index contributed by atoms with van der Waals surface area (Å²) in [6.45, 7) is 0. The molecule has 0 saturated carbocycles. The van der Waals surface area contributed by atoms with E-state index in [0.717, 1.165) is 11.8 Å². The van der Waals surface area contributed by atoms with Crippen molar-refractivity contribution < 1.29 is 22.7 Å². The van der Waals surface area contributed by atoms with Gasteiger partial charge in [-0.3, -0.25) is 0 Å². The highest BCUT2D eigenvalue weighted by Crippen LogP contribution is 2.33. The van der Waals surface area contributed by atoms with Crippen LogP contribution in [-0.2, 0) is 25.4 Å². The normalized spacial score (nSPS) is 18.6. The Morgan fingerprint density at radius 3 is 2.81 bits per heavy atom. The second kappa shape index (κ2) is 5.18. The van der Waals surface area contributed by atoms with E-state index in [1.807, 2.05) is 0 Å². The highest BCUT2D eigenvalue weighted by atomic mass is 19.4. The molecule has 0 bridgehead atoms. The Balaban J connectivity index is 1.88. The lowest BCUT2D eigenvalue weighted by molar-refractivity contribution is -0.138. The lowest BCUT2D eigenvalue weighted by atomic mass is 9.99. The van der Waals surface area contributed by atoms with Crippen molar-refractivity contribution in [2.75, 3.05) is 0 Å². The van der Waals surface area contributed by atoms with Gasteiger partial charge in [-0.2, -0.15) is 13.2 Å². The molecule has 0 aliphatic heterocycles. The molecule has 1 aliphatic rings. The van der Waals surface area contributed by atoms with Crippen LogP contribution in [0.25, 0.3) is 0 Å². The minimum atomic E-state index is -4.39. The average molecular weight is 297 g/mol. The number of hydrogen-bond acceptors (Lipinski definition) is 3. The molecular formula is C15H14F3NO2. The molecular weight excluding hydrogens is 283 g/mol. The molecule has 0 amide bonds. The van der Waals surface area contributed by atoms with Crippen molar-refractivity contribution in [1.82, 2.24) is 4.98 Å². The third kappa shape index (κ3) is 2.95. The fraction of sp³-hybridized carbons (Fsp3) is 0.400. The largest absolute Gasteiger partial charge is 0.445 e. The van der Waals surface area contributed by atoms with Crippen LogP contribution in [0.3, 0.4) is 0 Å². The molecule has 6 heteroatoms. The summed E-state index contributed by atoms with van der Waals surface area (Å²) in [6.07, 6.45) is -3.26. The minimum Gasteiger partial charge on any atom is -0.445 e. The Bertz CT molecular complexity index is 649. The third-order valence-corrected chi connectivity index (χ3v) is 3.62. The van der Waals surface area contributed by atoms with Crippen molar-refractivity contribution in [3.8, 4) is 0 Å². The van der Waals surface area contributed by atoms with E-state index in [4.69, 9.17) is 4.42 Å². The van der Waals surface area contributed by atoms with Crippen LogP contribution in [0.1, 0.15) is 34.9 Å². The quantitative estimate of drug-likeness (QED) is 0.926. The number of aromatic nitrogens is 1. The first-order valence-corrected chi connectivity index (χ1v) is 6.74. The fourth-order valence-electron chi connectivity index (χ4n) is 2.60. The molecule has 1 aromatic carbocycles. The lowest BCUT2D eigenvalue weighted by Crippen LogP contribution is -2.17. The summed E-state index contributed by atoms with van der Waals surface area (Å²) in [6, 6.07) is 5.42. The van der Waals surface area contributed by atoms with Crippen molar-refractivity contribution in [3.05, 3.63) is 52.7 Å². The van der Waals surface area contributed by atoms with Crippen LogP contribution < -0.4 is 0 Å². The van der Waals surface area contributed by atoms with Crippen LogP contribution in [0.2, 0.25) is 0 Å². The van der Waals surface area contributed by atoms with Gasteiger partial charge in [0.1, 0.15) is 5.76 Å². The number of aliphatic hydroxyl groups excluding tert-OH is 1. The van der Waals surface area contributed by atoms with Gasteiger partial charge in [0, 0.05) is 12.8 Å². The van der Waals surface area contributed by atoms with Crippen molar-refractivity contribution in [3.63, 3.8) is 0 Å². The maximum absolute atomic E-state index is 12.9. The Morgan fingerprint density at radius 2 is 2.05 bits per heavy atom. The van der Waals surface area contributed by atoms with Gasteiger partial charge in [0.2, 0.25) is 0 Å². The number of halogens is 3. The molecule has 1 unspecified atom stereocenters. The number of hydrogen-bond donors (Lipinski definition) is 1. The van der Waals surface area contributed by atoms with Gasteiger partial charge in [-0.25, -0.2) is 4.98 Å². The number of rotatable bonds is 2. The Kier molecular flexibility index (Phi) is 3.49. The topological polar surface area (TPSA) is 46.3 Å². The number of benzene rings is 1. The molecule has 2 aromatic rings. The van der Waals surface area contributed by atoms with Crippen molar-refractivity contribution in [2.24, 2.45) is 0 Å². The number of aryl methyl sites for hydroxylation is 1. The molecule has 0 radical (unpaired) electrons. The smallest absolute Gasteiger partial charge is 0.416 e. The van der Waals surface area contributed by atoms with Gasteiger partial charge < -0.3 is 9.52 Å². The summed E-state index contributed by atoms with van der Waals surface area (Å²) in [7, 11) is 0. The van der Waals surface area contributed by atoms with Crippen LogP contribution in [-0.4, -0.2) is 16.2 Å². The zero-order chi connectivity index (χ0) is 15.0. The third-order valence-electron chi connectivity index (χ3n) is 3.62. The first-order chi connectivity index (χ1) is 9.93. The zero-order valence-electron chi connectivity index (χ0n) is 11.2. The second-order valence-corrected chi connectivity index (χ2v) is 5.21. The number of nitrogens with zero attached hydrogens (tertiary/aromatic N) is 1. The van der Waals surface area contributed by atoms with E-state index >= 15 is 0 Å². The van der Waals surface area contributed by atoms with Crippen LogP contribution in [0.15, 0.2) is 28.7 Å². The predicted octanol–water partition coefficient (Wildman–Crippen LogP) is 3.13. The fourth-order valence-corrected chi connectivity index (χ4v) is 2.60. The monoisotopic (exact) mass is 297 g/mol. The van der Waals surface area contributed by atoms with E-state index in [9.17, 15) is 18.3 Å². The van der Waals surface area contributed by atoms with E-state index in [2.05, 4.69) is 4.98 Å². The standard InChI is InChI=1S/C15H14F3NO2/c16-15(17,18)11-4-2-1-3-9(11)7-14-19-12-6-5-10(20)8-13(12)21-14/h1-4,10,20H,5-8H2. The summed E-state index contributed by atoms with van der Waals surface area (Å²) < 4.78 is 44.3. The molecule has 1 N–H and O–H groups in total. The van der Waals surface area contributed by atoms with E-state index in [0.29, 0.717) is 25.0 Å². The summed E-state index contributed by atoms with van der Waals surface area (Å²) >= 11 is 0. The molecule has 3 rings (SSSR count). The first-order valence-electron chi connectivity index (χ1n) is 6.74. The molecule has 1 heterocycles. The van der Waals surface area contributed by atoms with Crippen LogP contribution in [0.5, 0.6) is 0 Å². The first kappa shape index (κ1) is 14.1. The number of oxazole rings is 1. The molecule has 0 fully saturated rings. The van der Waals surface area contributed by atoms with Crippen LogP contribution >= 0.6 is 0 Å². The summed E-state index contributed by atoms with van der Waals surface area (Å²) in [4.78, 5) is 4.26. The maximum atomic E-state index is 12.9. The van der Waals surface area contributed by atoms with Crippen molar-refractivity contribution >= 4 is 0 Å². The predicted molar refractivity (Wildman–Crippen MR) is 68.8 cm³/mol. The second-order valence-electron chi connectivity index (χ2n) is 5.21. The van der Waals surface area contributed by atoms with Crippen molar-refractivity contribution in [2.45, 2.75) is 38.0 Å². The highest BCUT2D eigenvalue weighted by Gasteiger charge is 2.33. The lowest BCUT2D eigenvalue weighted by Gasteiger charge is -2.13. The van der Waals surface area contributed by atoms with Gasteiger partial charge in [0.25, 0.3) is 0 Å². The molecule has 1 atom stereocenters. The van der Waals surface area contributed by atoms with Crippen LogP contribution in [0, 0.1) is 0 Å². The summed E-state index contributed by atoms with van der Waals surface area (Å²) in [5, 5.41) is 9.57. The van der Waals surface area contributed by atoms with Gasteiger partial charge in [-0.1, -0.05) is 18.2 Å². The average Bonchev–Trinajstić information content (AvgIpc) is 2.79. The zero-order valence-corrected chi connectivity index (χ0v) is 11.2. The Morgan fingerprint density at radius 1 is 1.29 bits per heavy atom. The molecule has 112 valence electrons. The van der Waals surface area contributed by atoms with E-state index in [1.54, 1.807) is 6.07 Å². The van der Waals surface area contributed by atoms with Crippen LogP contribution in [0.4, 0.5) is 13.2 Å². The van der Waals surface area contributed by atoms with Crippen molar-refractivity contribution in [1.29, 1.82) is 0 Å². The molecule has 0 spiro atoms. The molecule has 1 aliphatic carbocycles. The van der Waals surface area contributed by atoms with Gasteiger partial charge in [-0.05, 0) is 24.5 Å². The number of alkyl halides is 3. The number of aliphatic hydroxyl groups is 1. The highest BCUT2D eigenvalue weighted by molar-refractivity contribution is 5.32. The van der Waals surface area contributed by atoms with Gasteiger partial charge in [0.05, 0.1) is 17.4 Å². The Labute approximate surface area is 119 Å². The van der Waals surface area contributed by atoms with Gasteiger partial charge >= 0.3 is 6.18 Å². The summed E-state index contributed by atoms with van der Waals surface area (Å²) in [5.41, 5.74) is 0.227. The van der Waals surface area contributed by atoms with E-state index < -0.39 is 17.8 Å². The number of fused-ring (bicyclic) bond motifs is 1. The molecule has 0 saturated heterocycles. The SMILES string of the molecule is OC1CCc2nc(Cc3ccccc3C(F)(F)F)oc2C1. The Hall–Kier alpha value is -1.82. The van der Waals surface area contributed by atoms with E-state index in [-0.39, 0.29) is 17.9 Å². The van der Waals surface area contributed by atoms with Gasteiger partial charge in [0.15, 0.2) is 5.89 Å². The molecule has 21 heavy (non-hydrogen) atoms. The van der Waals surface area contributed by atoms with E-state index in [1.165, 1.54) is 12.1 Å². The maximum Gasteiger partial charge on any atom is 0.416 e. The van der Waals surface area contributed by atoms with Gasteiger partial charge in [-0.15, -0.1) is 0 Å².